The molecule has 21 heavy (non-hydrogen) atoms. The molecule has 0 radical (unpaired) electrons. The van der Waals surface area contributed by atoms with Crippen LogP contribution in [0.5, 0.6) is 0 Å². The number of likely N-dealkylation sites (tertiary alicyclic amines) is 1. The number of amides is 1. The molecule has 1 aliphatic heterocycles. The number of carbonyl (C=O) groups excluding carboxylic acids is 1. The van der Waals surface area contributed by atoms with Gasteiger partial charge in [-0.15, -0.1) is 0 Å². The summed E-state index contributed by atoms with van der Waals surface area (Å²) in [5.74, 6) is -0.634. The molecular formula is C15H21ClFN3O. The summed E-state index contributed by atoms with van der Waals surface area (Å²) in [6.07, 6.45) is 0.878. The number of rotatable bonds is 3. The molecule has 3 N–H and O–H groups in total. The minimum absolute atomic E-state index is 0.00196. The third-order valence-electron chi connectivity index (χ3n) is 3.96. The van der Waals surface area contributed by atoms with Crippen LogP contribution in [0, 0.1) is 11.2 Å². The van der Waals surface area contributed by atoms with Crippen LogP contribution < -0.4 is 11.1 Å². The van der Waals surface area contributed by atoms with E-state index in [0.717, 1.165) is 19.5 Å². The fourth-order valence-electron chi connectivity index (χ4n) is 2.60. The normalized spacial score (nSPS) is 22.0. The highest BCUT2D eigenvalue weighted by Crippen LogP contribution is 2.27. The minimum atomic E-state index is -0.499. The van der Waals surface area contributed by atoms with E-state index < -0.39 is 5.82 Å². The van der Waals surface area contributed by atoms with Crippen LogP contribution in [0.3, 0.4) is 0 Å². The Bertz CT molecular complexity index is 536. The molecule has 1 heterocycles. The number of nitrogens with one attached hydrogen (secondary N) is 1. The van der Waals surface area contributed by atoms with Gasteiger partial charge in [0.25, 0.3) is 0 Å². The second kappa shape index (κ2) is 6.30. The summed E-state index contributed by atoms with van der Waals surface area (Å²) in [5, 5.41) is 2.73. The lowest BCUT2D eigenvalue weighted by atomic mass is 9.80. The first-order valence-electron chi connectivity index (χ1n) is 7.01. The van der Waals surface area contributed by atoms with Gasteiger partial charge in [-0.05, 0) is 30.0 Å². The van der Waals surface area contributed by atoms with Crippen LogP contribution in [0.25, 0.3) is 0 Å². The lowest BCUT2D eigenvalue weighted by Crippen LogP contribution is -2.53. The molecule has 116 valence electrons. The van der Waals surface area contributed by atoms with Crippen molar-refractivity contribution in [3.8, 4) is 0 Å². The van der Waals surface area contributed by atoms with Crippen LogP contribution in [-0.2, 0) is 4.79 Å². The fourth-order valence-corrected chi connectivity index (χ4v) is 2.78. The molecule has 0 bridgehead atoms. The lowest BCUT2D eigenvalue weighted by Gasteiger charge is -2.42. The van der Waals surface area contributed by atoms with Crippen molar-refractivity contribution < 1.29 is 9.18 Å². The molecule has 1 aromatic rings. The molecule has 1 unspecified atom stereocenters. The van der Waals surface area contributed by atoms with Crippen molar-refractivity contribution >= 4 is 23.2 Å². The molecule has 1 fully saturated rings. The van der Waals surface area contributed by atoms with Crippen LogP contribution in [0.2, 0.25) is 5.02 Å². The van der Waals surface area contributed by atoms with Crippen LogP contribution in [0.1, 0.15) is 20.3 Å². The maximum atomic E-state index is 13.1. The summed E-state index contributed by atoms with van der Waals surface area (Å²) in [4.78, 5) is 14.1. The first kappa shape index (κ1) is 16.2. The van der Waals surface area contributed by atoms with Crippen molar-refractivity contribution in [2.75, 3.05) is 25.0 Å². The Morgan fingerprint density at radius 2 is 2.29 bits per heavy atom. The topological polar surface area (TPSA) is 58.4 Å². The Balaban J connectivity index is 1.91. The standard InChI is InChI=1S/C15H21ClFN3O/c1-15(2)9-20(6-5-13(15)18)8-14(21)19-10-3-4-12(17)11(16)7-10/h3-4,7,13H,5-6,8-9,18H2,1-2H3,(H,19,21). The molecule has 4 nitrogen and oxygen atoms in total. The Kier molecular flexibility index (Phi) is 4.86. The maximum Gasteiger partial charge on any atom is 0.238 e. The Morgan fingerprint density at radius 3 is 2.90 bits per heavy atom. The number of anilines is 1. The second-order valence-corrected chi connectivity index (χ2v) is 6.68. The van der Waals surface area contributed by atoms with Gasteiger partial charge in [-0.1, -0.05) is 25.4 Å². The summed E-state index contributed by atoms with van der Waals surface area (Å²) < 4.78 is 13.1. The number of benzene rings is 1. The third-order valence-corrected chi connectivity index (χ3v) is 4.25. The number of hydrogen-bond acceptors (Lipinski definition) is 3. The van der Waals surface area contributed by atoms with Gasteiger partial charge in [-0.2, -0.15) is 0 Å². The smallest absolute Gasteiger partial charge is 0.238 e. The van der Waals surface area contributed by atoms with Gasteiger partial charge in [0.15, 0.2) is 0 Å². The zero-order valence-corrected chi connectivity index (χ0v) is 13.1. The van der Waals surface area contributed by atoms with Gasteiger partial charge in [-0.25, -0.2) is 4.39 Å². The molecule has 1 aromatic carbocycles. The van der Waals surface area contributed by atoms with Crippen molar-refractivity contribution in [2.45, 2.75) is 26.3 Å². The quantitative estimate of drug-likeness (QED) is 0.901. The highest BCUT2D eigenvalue weighted by Gasteiger charge is 2.33. The van der Waals surface area contributed by atoms with Gasteiger partial charge in [0.2, 0.25) is 5.91 Å². The van der Waals surface area contributed by atoms with E-state index in [1.807, 2.05) is 0 Å². The zero-order valence-electron chi connectivity index (χ0n) is 12.3. The Hall–Kier alpha value is -1.17. The predicted molar refractivity (Wildman–Crippen MR) is 82.9 cm³/mol. The van der Waals surface area contributed by atoms with Gasteiger partial charge in [0.05, 0.1) is 11.6 Å². The minimum Gasteiger partial charge on any atom is -0.327 e. The monoisotopic (exact) mass is 313 g/mol. The predicted octanol–water partition coefficient (Wildman–Crippen LogP) is 2.48. The fraction of sp³-hybridized carbons (Fsp3) is 0.533. The summed E-state index contributed by atoms with van der Waals surface area (Å²) in [6.45, 7) is 6.11. The number of nitrogens with zero attached hydrogens (tertiary/aromatic N) is 1. The zero-order chi connectivity index (χ0) is 15.6. The van der Waals surface area contributed by atoms with Gasteiger partial charge < -0.3 is 11.1 Å². The van der Waals surface area contributed by atoms with E-state index in [-0.39, 0.29) is 22.4 Å². The maximum absolute atomic E-state index is 13.1. The van der Waals surface area contributed by atoms with Crippen LogP contribution >= 0.6 is 11.6 Å². The van der Waals surface area contributed by atoms with E-state index in [1.54, 1.807) is 0 Å². The van der Waals surface area contributed by atoms with Gasteiger partial charge >= 0.3 is 0 Å². The third kappa shape index (κ3) is 4.15. The largest absolute Gasteiger partial charge is 0.327 e. The van der Waals surface area contributed by atoms with Crippen molar-refractivity contribution in [3.05, 3.63) is 29.0 Å². The lowest BCUT2D eigenvalue weighted by molar-refractivity contribution is -0.118. The first-order chi connectivity index (χ1) is 9.78. The van der Waals surface area contributed by atoms with Crippen molar-refractivity contribution in [1.82, 2.24) is 4.90 Å². The van der Waals surface area contributed by atoms with Crippen LogP contribution in [0.4, 0.5) is 10.1 Å². The average molecular weight is 314 g/mol. The molecule has 0 saturated carbocycles. The summed E-state index contributed by atoms with van der Waals surface area (Å²) in [7, 11) is 0. The Morgan fingerprint density at radius 1 is 1.57 bits per heavy atom. The molecule has 6 heteroatoms. The molecule has 0 aromatic heterocycles. The van der Waals surface area contributed by atoms with E-state index in [0.29, 0.717) is 12.2 Å². The second-order valence-electron chi connectivity index (χ2n) is 6.27. The van der Waals surface area contributed by atoms with Crippen molar-refractivity contribution in [1.29, 1.82) is 0 Å². The van der Waals surface area contributed by atoms with E-state index in [9.17, 15) is 9.18 Å². The molecule has 0 aliphatic carbocycles. The van der Waals surface area contributed by atoms with Crippen LogP contribution in [0.15, 0.2) is 18.2 Å². The summed E-state index contributed by atoms with van der Waals surface area (Å²) >= 11 is 5.69. The number of hydrogen-bond donors (Lipinski definition) is 2. The number of halogens is 2. The van der Waals surface area contributed by atoms with Gasteiger partial charge in [0, 0.05) is 24.8 Å². The van der Waals surface area contributed by atoms with E-state index in [4.69, 9.17) is 17.3 Å². The molecule has 1 atom stereocenters. The number of piperidine rings is 1. The summed E-state index contributed by atoms with van der Waals surface area (Å²) in [6, 6.07) is 4.30. The van der Waals surface area contributed by atoms with Gasteiger partial charge in [-0.3, -0.25) is 9.69 Å². The Labute approximate surface area is 129 Å². The highest BCUT2D eigenvalue weighted by molar-refractivity contribution is 6.31. The summed E-state index contributed by atoms with van der Waals surface area (Å²) in [5.41, 5.74) is 6.58. The molecule has 1 aliphatic rings. The SMILES string of the molecule is CC1(C)CN(CC(=O)Nc2ccc(F)c(Cl)c2)CCC1N. The van der Waals surface area contributed by atoms with Crippen molar-refractivity contribution in [3.63, 3.8) is 0 Å². The molecule has 0 spiro atoms. The van der Waals surface area contributed by atoms with Crippen molar-refractivity contribution in [2.24, 2.45) is 11.1 Å². The first-order valence-corrected chi connectivity index (χ1v) is 7.38. The molecule has 1 saturated heterocycles. The number of carbonyl (C=O) groups is 1. The van der Waals surface area contributed by atoms with E-state index in [2.05, 4.69) is 24.1 Å². The van der Waals surface area contributed by atoms with Crippen LogP contribution in [-0.4, -0.2) is 36.5 Å². The average Bonchev–Trinajstić information content (AvgIpc) is 2.38. The van der Waals surface area contributed by atoms with Gasteiger partial charge in [0.1, 0.15) is 5.82 Å². The highest BCUT2D eigenvalue weighted by atomic mass is 35.5. The molecular weight excluding hydrogens is 293 g/mol. The number of nitrogens with two attached hydrogens (primary N) is 1. The van der Waals surface area contributed by atoms with E-state index >= 15 is 0 Å². The molecule has 2 rings (SSSR count). The van der Waals surface area contributed by atoms with E-state index in [1.165, 1.54) is 18.2 Å². The molecule has 1 amide bonds.